The summed E-state index contributed by atoms with van der Waals surface area (Å²) in [5.41, 5.74) is 1.04. The standard InChI is InChI=1S/C18H26N2O2/c21-18(22-14-15-4-2-1-3-5-15)20-12-8-17(9-13-20)16-6-10-19-11-7-16/h1-5,16-17,19H,6-14H2. The Kier molecular flexibility index (Phi) is 5.33. The van der Waals surface area contributed by atoms with Crippen molar-refractivity contribution in [3.05, 3.63) is 35.9 Å². The molecule has 0 atom stereocenters. The fourth-order valence-electron chi connectivity index (χ4n) is 3.68. The van der Waals surface area contributed by atoms with Crippen molar-refractivity contribution in [1.29, 1.82) is 0 Å². The third-order valence-corrected chi connectivity index (χ3v) is 5.05. The molecule has 0 bridgehead atoms. The topological polar surface area (TPSA) is 41.6 Å². The molecule has 0 saturated carbocycles. The van der Waals surface area contributed by atoms with Crippen LogP contribution in [0, 0.1) is 11.8 Å². The first-order valence-corrected chi connectivity index (χ1v) is 8.49. The van der Waals surface area contributed by atoms with Crippen molar-refractivity contribution in [3.8, 4) is 0 Å². The van der Waals surface area contributed by atoms with Crippen LogP contribution in [0.25, 0.3) is 0 Å². The van der Waals surface area contributed by atoms with E-state index in [0.29, 0.717) is 6.61 Å². The molecule has 120 valence electrons. The van der Waals surface area contributed by atoms with Gasteiger partial charge in [-0.3, -0.25) is 0 Å². The van der Waals surface area contributed by atoms with Crippen LogP contribution in [0.3, 0.4) is 0 Å². The molecular formula is C18H26N2O2. The number of hydrogen-bond donors (Lipinski definition) is 1. The lowest BCUT2D eigenvalue weighted by atomic mass is 9.79. The van der Waals surface area contributed by atoms with Gasteiger partial charge in [0.05, 0.1) is 0 Å². The molecule has 2 fully saturated rings. The second kappa shape index (κ2) is 7.63. The minimum absolute atomic E-state index is 0.160. The lowest BCUT2D eigenvalue weighted by Crippen LogP contribution is -2.42. The summed E-state index contributed by atoms with van der Waals surface area (Å²) in [6.45, 7) is 4.38. The zero-order valence-corrected chi connectivity index (χ0v) is 13.2. The van der Waals surface area contributed by atoms with Crippen molar-refractivity contribution in [2.24, 2.45) is 11.8 Å². The first-order valence-electron chi connectivity index (χ1n) is 8.49. The second-order valence-electron chi connectivity index (χ2n) is 6.45. The first-order chi connectivity index (χ1) is 10.8. The highest BCUT2D eigenvalue weighted by molar-refractivity contribution is 5.67. The molecule has 2 aliphatic heterocycles. The number of rotatable bonds is 3. The Morgan fingerprint density at radius 1 is 1.05 bits per heavy atom. The van der Waals surface area contributed by atoms with E-state index in [1.807, 2.05) is 35.2 Å². The van der Waals surface area contributed by atoms with Crippen LogP contribution in [0.15, 0.2) is 30.3 Å². The number of nitrogens with one attached hydrogen (secondary N) is 1. The number of amides is 1. The maximum Gasteiger partial charge on any atom is 0.410 e. The van der Waals surface area contributed by atoms with Crippen LogP contribution in [0.1, 0.15) is 31.2 Å². The molecule has 1 aromatic carbocycles. The molecule has 2 aliphatic rings. The van der Waals surface area contributed by atoms with E-state index in [9.17, 15) is 4.79 Å². The SMILES string of the molecule is O=C(OCc1ccccc1)N1CCC(C2CCNCC2)CC1. The molecule has 22 heavy (non-hydrogen) atoms. The molecule has 0 radical (unpaired) electrons. The van der Waals surface area contributed by atoms with Crippen LogP contribution in [-0.4, -0.2) is 37.2 Å². The van der Waals surface area contributed by atoms with Crippen molar-refractivity contribution >= 4 is 6.09 Å². The summed E-state index contributed by atoms with van der Waals surface area (Å²) < 4.78 is 5.43. The predicted molar refractivity (Wildman–Crippen MR) is 86.5 cm³/mol. The first kappa shape index (κ1) is 15.3. The maximum atomic E-state index is 12.1. The Morgan fingerprint density at radius 2 is 1.68 bits per heavy atom. The van der Waals surface area contributed by atoms with Crippen molar-refractivity contribution < 1.29 is 9.53 Å². The fraction of sp³-hybridized carbons (Fsp3) is 0.611. The average molecular weight is 302 g/mol. The number of nitrogens with zero attached hydrogens (tertiary/aromatic N) is 1. The summed E-state index contributed by atoms with van der Waals surface area (Å²) in [6, 6.07) is 9.87. The minimum atomic E-state index is -0.160. The Hall–Kier alpha value is -1.55. The van der Waals surface area contributed by atoms with Gasteiger partial charge in [-0.2, -0.15) is 0 Å². The van der Waals surface area contributed by atoms with Crippen LogP contribution in [0.4, 0.5) is 4.79 Å². The lowest BCUT2D eigenvalue weighted by molar-refractivity contribution is 0.0725. The van der Waals surface area contributed by atoms with Crippen molar-refractivity contribution in [2.45, 2.75) is 32.3 Å². The van der Waals surface area contributed by atoms with Gasteiger partial charge in [-0.25, -0.2) is 4.79 Å². The summed E-state index contributed by atoms with van der Waals surface area (Å²) >= 11 is 0. The smallest absolute Gasteiger partial charge is 0.410 e. The van der Waals surface area contributed by atoms with E-state index in [1.165, 1.54) is 12.8 Å². The molecule has 0 unspecified atom stereocenters. The van der Waals surface area contributed by atoms with Gasteiger partial charge in [0.1, 0.15) is 6.61 Å². The highest BCUT2D eigenvalue weighted by Gasteiger charge is 2.29. The summed E-state index contributed by atoms with van der Waals surface area (Å²) in [7, 11) is 0. The van der Waals surface area contributed by atoms with E-state index in [0.717, 1.165) is 56.4 Å². The van der Waals surface area contributed by atoms with E-state index < -0.39 is 0 Å². The molecule has 1 aromatic rings. The molecule has 1 N–H and O–H groups in total. The molecule has 4 nitrogen and oxygen atoms in total. The third-order valence-electron chi connectivity index (χ3n) is 5.05. The normalized spacial score (nSPS) is 20.8. The Labute approximate surface area is 132 Å². The van der Waals surface area contributed by atoms with Gasteiger partial charge in [0, 0.05) is 13.1 Å². The van der Waals surface area contributed by atoms with Crippen LogP contribution < -0.4 is 5.32 Å². The minimum Gasteiger partial charge on any atom is -0.445 e. The van der Waals surface area contributed by atoms with E-state index in [1.54, 1.807) is 0 Å². The number of piperidine rings is 2. The van der Waals surface area contributed by atoms with Crippen LogP contribution >= 0.6 is 0 Å². The van der Waals surface area contributed by atoms with Gasteiger partial charge in [0.15, 0.2) is 0 Å². The fourth-order valence-corrected chi connectivity index (χ4v) is 3.68. The monoisotopic (exact) mass is 302 g/mol. The maximum absolute atomic E-state index is 12.1. The summed E-state index contributed by atoms with van der Waals surface area (Å²) in [6.07, 6.45) is 4.69. The summed E-state index contributed by atoms with van der Waals surface area (Å²) in [5, 5.41) is 3.43. The van der Waals surface area contributed by atoms with Gasteiger partial charge in [-0.1, -0.05) is 30.3 Å². The molecule has 0 aromatic heterocycles. The van der Waals surface area contributed by atoms with Crippen LogP contribution in [0.2, 0.25) is 0 Å². The van der Waals surface area contributed by atoms with E-state index in [4.69, 9.17) is 4.74 Å². The lowest BCUT2D eigenvalue weighted by Gasteiger charge is -2.37. The number of carbonyl (C=O) groups excluding carboxylic acids is 1. The second-order valence-corrected chi connectivity index (χ2v) is 6.45. The summed E-state index contributed by atoms with van der Waals surface area (Å²) in [4.78, 5) is 14.0. The number of ether oxygens (including phenoxy) is 1. The zero-order chi connectivity index (χ0) is 15.2. The zero-order valence-electron chi connectivity index (χ0n) is 13.2. The van der Waals surface area contributed by atoms with Gasteiger partial charge < -0.3 is 15.0 Å². The van der Waals surface area contributed by atoms with Gasteiger partial charge >= 0.3 is 6.09 Å². The molecule has 0 aliphatic carbocycles. The van der Waals surface area contributed by atoms with E-state index in [-0.39, 0.29) is 6.09 Å². The number of hydrogen-bond acceptors (Lipinski definition) is 3. The number of benzene rings is 1. The molecule has 2 saturated heterocycles. The molecular weight excluding hydrogens is 276 g/mol. The third kappa shape index (κ3) is 4.01. The number of likely N-dealkylation sites (tertiary alicyclic amines) is 1. The average Bonchev–Trinajstić information content (AvgIpc) is 2.61. The highest BCUT2D eigenvalue weighted by Crippen LogP contribution is 2.30. The van der Waals surface area contributed by atoms with Crippen LogP contribution in [0.5, 0.6) is 0 Å². The van der Waals surface area contributed by atoms with E-state index in [2.05, 4.69) is 5.32 Å². The predicted octanol–water partition coefficient (Wildman–Crippen LogP) is 3.03. The Morgan fingerprint density at radius 3 is 2.36 bits per heavy atom. The molecule has 2 heterocycles. The van der Waals surface area contributed by atoms with Crippen molar-refractivity contribution in [1.82, 2.24) is 10.2 Å². The Balaban J connectivity index is 1.41. The van der Waals surface area contributed by atoms with Crippen molar-refractivity contribution in [3.63, 3.8) is 0 Å². The quantitative estimate of drug-likeness (QED) is 0.933. The molecule has 3 rings (SSSR count). The summed E-state index contributed by atoms with van der Waals surface area (Å²) in [5.74, 6) is 1.64. The van der Waals surface area contributed by atoms with Gasteiger partial charge in [0.25, 0.3) is 0 Å². The molecule has 1 amide bonds. The molecule has 0 spiro atoms. The van der Waals surface area contributed by atoms with Gasteiger partial charge in [0.2, 0.25) is 0 Å². The highest BCUT2D eigenvalue weighted by atomic mass is 16.6. The molecule has 4 heteroatoms. The largest absolute Gasteiger partial charge is 0.445 e. The van der Waals surface area contributed by atoms with Gasteiger partial charge in [-0.05, 0) is 56.2 Å². The van der Waals surface area contributed by atoms with Gasteiger partial charge in [-0.15, -0.1) is 0 Å². The van der Waals surface area contributed by atoms with Crippen LogP contribution in [-0.2, 0) is 11.3 Å². The van der Waals surface area contributed by atoms with E-state index >= 15 is 0 Å². The van der Waals surface area contributed by atoms with Crippen molar-refractivity contribution in [2.75, 3.05) is 26.2 Å². The Bertz CT molecular complexity index is 463. The number of carbonyl (C=O) groups is 1.